The number of amides is 1. The number of anilines is 1. The molecular weight excluding hydrogens is 274 g/mol. The van der Waals surface area contributed by atoms with Crippen LogP contribution in [0.4, 0.5) is 5.69 Å². The van der Waals surface area contributed by atoms with Gasteiger partial charge in [-0.15, -0.1) is 11.6 Å². The second-order valence-corrected chi connectivity index (χ2v) is 6.37. The molecule has 108 valence electrons. The summed E-state index contributed by atoms with van der Waals surface area (Å²) >= 11 is 5.84. The summed E-state index contributed by atoms with van der Waals surface area (Å²) in [6.07, 6.45) is 1.36. The van der Waals surface area contributed by atoms with Crippen molar-refractivity contribution in [3.63, 3.8) is 0 Å². The first-order valence-corrected chi connectivity index (χ1v) is 7.45. The number of hydrogen-bond acceptors (Lipinski definition) is 2. The maximum atomic E-state index is 12.2. The zero-order valence-corrected chi connectivity index (χ0v) is 12.9. The Morgan fingerprint density at radius 3 is 2.60 bits per heavy atom. The summed E-state index contributed by atoms with van der Waals surface area (Å²) in [5, 5.41) is -0.520. The van der Waals surface area contributed by atoms with Crippen molar-refractivity contribution in [2.45, 2.75) is 39.0 Å². The summed E-state index contributed by atoms with van der Waals surface area (Å²) in [5.41, 5.74) is 2.63. The molecule has 0 aromatic heterocycles. The second-order valence-electron chi connectivity index (χ2n) is 5.72. The van der Waals surface area contributed by atoms with E-state index in [0.29, 0.717) is 24.4 Å². The summed E-state index contributed by atoms with van der Waals surface area (Å²) in [5.74, 6) is 0.439. The molecule has 20 heavy (non-hydrogen) atoms. The van der Waals surface area contributed by atoms with E-state index in [2.05, 4.69) is 0 Å². The zero-order chi connectivity index (χ0) is 14.9. The Kier molecular flexibility index (Phi) is 4.48. The highest BCUT2D eigenvalue weighted by atomic mass is 35.5. The minimum absolute atomic E-state index is 0.0681. The number of ketones is 1. The number of benzene rings is 1. The fourth-order valence-corrected chi connectivity index (χ4v) is 2.63. The van der Waals surface area contributed by atoms with E-state index < -0.39 is 5.38 Å². The quantitative estimate of drug-likeness (QED) is 0.630. The Labute approximate surface area is 124 Å². The number of nitrogens with zero attached hydrogens (tertiary/aromatic N) is 1. The molecule has 0 radical (unpaired) electrons. The second kappa shape index (κ2) is 5.96. The van der Waals surface area contributed by atoms with Gasteiger partial charge >= 0.3 is 0 Å². The Morgan fingerprint density at radius 1 is 1.30 bits per heavy atom. The lowest BCUT2D eigenvalue weighted by molar-refractivity contribution is -0.119. The van der Waals surface area contributed by atoms with Crippen molar-refractivity contribution >= 4 is 29.0 Å². The van der Waals surface area contributed by atoms with Gasteiger partial charge in [-0.3, -0.25) is 9.59 Å². The van der Waals surface area contributed by atoms with Gasteiger partial charge in [0, 0.05) is 24.2 Å². The van der Waals surface area contributed by atoms with E-state index in [0.717, 1.165) is 17.7 Å². The van der Waals surface area contributed by atoms with Crippen LogP contribution in [0.2, 0.25) is 0 Å². The fraction of sp³-hybridized carbons (Fsp3) is 0.500. The maximum absolute atomic E-state index is 12.2. The minimum Gasteiger partial charge on any atom is -0.312 e. The lowest BCUT2D eigenvalue weighted by Gasteiger charge is -2.18. The van der Waals surface area contributed by atoms with Crippen molar-refractivity contribution in [3.8, 4) is 0 Å². The molecule has 0 saturated heterocycles. The van der Waals surface area contributed by atoms with Gasteiger partial charge in [-0.2, -0.15) is 0 Å². The molecule has 1 atom stereocenters. The first-order chi connectivity index (χ1) is 9.40. The standard InChI is InChI=1S/C16H20ClNO2/c1-10(2)8-15(19)18-7-6-12-9-13(4-5-14(12)18)16(20)11(3)17/h4-5,9-11H,6-8H2,1-3H3. The summed E-state index contributed by atoms with van der Waals surface area (Å²) in [6, 6.07) is 5.51. The smallest absolute Gasteiger partial charge is 0.227 e. The van der Waals surface area contributed by atoms with Crippen LogP contribution < -0.4 is 4.90 Å². The number of alkyl halides is 1. The molecule has 1 aliphatic rings. The topological polar surface area (TPSA) is 37.4 Å². The van der Waals surface area contributed by atoms with E-state index in [-0.39, 0.29) is 11.7 Å². The number of halogens is 1. The average molecular weight is 294 g/mol. The first kappa shape index (κ1) is 15.0. The van der Waals surface area contributed by atoms with Gasteiger partial charge in [0.15, 0.2) is 5.78 Å². The third-order valence-corrected chi connectivity index (χ3v) is 3.70. The largest absolute Gasteiger partial charge is 0.312 e. The average Bonchev–Trinajstić information content (AvgIpc) is 2.79. The van der Waals surface area contributed by atoms with Crippen molar-refractivity contribution in [2.24, 2.45) is 5.92 Å². The van der Waals surface area contributed by atoms with Gasteiger partial charge in [-0.1, -0.05) is 13.8 Å². The van der Waals surface area contributed by atoms with E-state index in [9.17, 15) is 9.59 Å². The third-order valence-electron chi connectivity index (χ3n) is 3.50. The van der Waals surface area contributed by atoms with Crippen LogP contribution in [-0.2, 0) is 11.2 Å². The molecule has 0 fully saturated rings. The number of carbonyl (C=O) groups excluding carboxylic acids is 2. The monoisotopic (exact) mass is 293 g/mol. The normalized spacial score (nSPS) is 15.3. The highest BCUT2D eigenvalue weighted by Crippen LogP contribution is 2.30. The van der Waals surface area contributed by atoms with Crippen LogP contribution in [0, 0.1) is 5.92 Å². The highest BCUT2D eigenvalue weighted by Gasteiger charge is 2.26. The fourth-order valence-electron chi connectivity index (χ4n) is 2.50. The van der Waals surface area contributed by atoms with Crippen LogP contribution in [0.25, 0.3) is 0 Å². The Bertz CT molecular complexity index is 537. The van der Waals surface area contributed by atoms with Gasteiger partial charge in [0.1, 0.15) is 0 Å². The zero-order valence-electron chi connectivity index (χ0n) is 12.1. The van der Waals surface area contributed by atoms with Gasteiger partial charge < -0.3 is 4.90 Å². The molecule has 0 spiro atoms. The van der Waals surface area contributed by atoms with Crippen molar-refractivity contribution < 1.29 is 9.59 Å². The summed E-state index contributed by atoms with van der Waals surface area (Å²) in [7, 11) is 0. The molecule has 0 N–H and O–H groups in total. The Balaban J connectivity index is 2.22. The summed E-state index contributed by atoms with van der Waals surface area (Å²) < 4.78 is 0. The van der Waals surface area contributed by atoms with E-state index >= 15 is 0 Å². The van der Waals surface area contributed by atoms with Crippen LogP contribution in [0.3, 0.4) is 0 Å². The van der Waals surface area contributed by atoms with E-state index in [1.54, 1.807) is 13.0 Å². The molecule has 2 rings (SSSR count). The molecule has 1 aromatic carbocycles. The SMILES string of the molecule is CC(C)CC(=O)N1CCc2cc(C(=O)C(C)Cl)ccc21. The molecule has 0 aliphatic carbocycles. The van der Waals surface area contributed by atoms with Gasteiger partial charge in [0.25, 0.3) is 0 Å². The number of fused-ring (bicyclic) bond motifs is 1. The molecule has 1 aromatic rings. The molecule has 1 heterocycles. The van der Waals surface area contributed by atoms with E-state index in [1.165, 1.54) is 0 Å². The Morgan fingerprint density at radius 2 is 2.00 bits per heavy atom. The van der Waals surface area contributed by atoms with Crippen LogP contribution >= 0.6 is 11.6 Å². The molecule has 0 saturated carbocycles. The van der Waals surface area contributed by atoms with Crippen LogP contribution in [0.15, 0.2) is 18.2 Å². The molecular formula is C16H20ClNO2. The molecule has 4 heteroatoms. The van der Waals surface area contributed by atoms with Crippen molar-refractivity contribution in [2.75, 3.05) is 11.4 Å². The van der Waals surface area contributed by atoms with Gasteiger partial charge in [-0.25, -0.2) is 0 Å². The minimum atomic E-state index is -0.520. The van der Waals surface area contributed by atoms with Crippen molar-refractivity contribution in [1.29, 1.82) is 0 Å². The predicted octanol–water partition coefficient (Wildman–Crippen LogP) is 3.43. The van der Waals surface area contributed by atoms with Crippen LogP contribution in [-0.4, -0.2) is 23.6 Å². The van der Waals surface area contributed by atoms with E-state index in [1.807, 2.05) is 30.9 Å². The number of Topliss-reactive ketones (excluding diaryl/α,β-unsaturated/α-hetero) is 1. The molecule has 1 unspecified atom stereocenters. The number of hydrogen-bond donors (Lipinski definition) is 0. The van der Waals surface area contributed by atoms with Crippen LogP contribution in [0.1, 0.15) is 43.1 Å². The number of rotatable bonds is 4. The molecule has 1 amide bonds. The maximum Gasteiger partial charge on any atom is 0.227 e. The third kappa shape index (κ3) is 3.04. The number of carbonyl (C=O) groups is 2. The summed E-state index contributed by atoms with van der Waals surface area (Å²) in [4.78, 5) is 25.9. The lowest BCUT2D eigenvalue weighted by Crippen LogP contribution is -2.29. The molecule has 3 nitrogen and oxygen atoms in total. The van der Waals surface area contributed by atoms with Crippen molar-refractivity contribution in [1.82, 2.24) is 0 Å². The van der Waals surface area contributed by atoms with Gasteiger partial charge in [-0.05, 0) is 43.0 Å². The predicted molar refractivity (Wildman–Crippen MR) is 81.6 cm³/mol. The molecule has 0 bridgehead atoms. The van der Waals surface area contributed by atoms with Gasteiger partial charge in [0.2, 0.25) is 5.91 Å². The first-order valence-electron chi connectivity index (χ1n) is 7.01. The lowest BCUT2D eigenvalue weighted by atomic mass is 10.0. The van der Waals surface area contributed by atoms with Gasteiger partial charge in [0.05, 0.1) is 5.38 Å². The highest BCUT2D eigenvalue weighted by molar-refractivity contribution is 6.33. The van der Waals surface area contributed by atoms with Crippen LogP contribution in [0.5, 0.6) is 0 Å². The van der Waals surface area contributed by atoms with Crippen molar-refractivity contribution in [3.05, 3.63) is 29.3 Å². The Hall–Kier alpha value is -1.35. The van der Waals surface area contributed by atoms with E-state index in [4.69, 9.17) is 11.6 Å². The molecule has 1 aliphatic heterocycles. The summed E-state index contributed by atoms with van der Waals surface area (Å²) in [6.45, 7) is 6.46.